The van der Waals surface area contributed by atoms with Crippen molar-refractivity contribution in [2.75, 3.05) is 21.3 Å². The first kappa shape index (κ1) is 39.8. The van der Waals surface area contributed by atoms with Gasteiger partial charge in [-0.3, -0.25) is 29.3 Å². The van der Waals surface area contributed by atoms with Gasteiger partial charge in [0, 0.05) is 46.3 Å². The van der Waals surface area contributed by atoms with Crippen molar-refractivity contribution in [3.63, 3.8) is 0 Å². The van der Waals surface area contributed by atoms with Gasteiger partial charge in [-0.1, -0.05) is 36.4 Å². The van der Waals surface area contributed by atoms with E-state index in [9.17, 15) is 54.6 Å². The summed E-state index contributed by atoms with van der Waals surface area (Å²) in [6, 6.07) is 30.1. The maximum atomic E-state index is 13.9. The zero-order valence-corrected chi connectivity index (χ0v) is 31.2. The van der Waals surface area contributed by atoms with Gasteiger partial charge in [0.25, 0.3) is 31.6 Å². The molecule has 57 heavy (non-hydrogen) atoms. The van der Waals surface area contributed by atoms with E-state index in [1.807, 2.05) is 0 Å². The number of sulfone groups is 1. The van der Waals surface area contributed by atoms with E-state index in [0.29, 0.717) is 11.4 Å². The lowest BCUT2D eigenvalue weighted by molar-refractivity contribution is -0.388. The fourth-order valence-electron chi connectivity index (χ4n) is 5.57. The van der Waals surface area contributed by atoms with Gasteiger partial charge in [0.2, 0.25) is 9.84 Å². The maximum absolute atomic E-state index is 13.9. The quantitative estimate of drug-likeness (QED) is 0.0347. The molecule has 0 heterocycles. The Hall–Kier alpha value is -6.91. The average molecular weight is 833 g/mol. The van der Waals surface area contributed by atoms with Crippen LogP contribution in [0.4, 0.5) is 56.9 Å². The standard InChI is InChI=1S/C36H28N6O12S3/c43-41(44)31-19-25(37-27-11-15-29(35(21-27)56(49,50)51)39-23-7-3-1-4-8-23)13-17-33(31)55(47,48)34-18-14-26(20-32(34)42(45)46)38-28-12-16-30(36(22-28)57(52,53)54)40-24-9-5-2-6-10-24/h1-22,37-40H,(H,49,50,51)(H,52,53,54). The van der Waals surface area contributed by atoms with E-state index in [0.717, 1.165) is 48.5 Å². The van der Waals surface area contributed by atoms with Crippen LogP contribution in [0.25, 0.3) is 0 Å². The van der Waals surface area contributed by atoms with Gasteiger partial charge in [-0.15, -0.1) is 0 Å². The second-order valence-corrected chi connectivity index (χ2v) is 16.7. The third kappa shape index (κ3) is 9.15. The number of nitrogens with one attached hydrogen (secondary N) is 4. The Morgan fingerprint density at radius 3 is 1.07 bits per heavy atom. The van der Waals surface area contributed by atoms with E-state index in [-0.39, 0.29) is 34.1 Å². The minimum Gasteiger partial charge on any atom is -0.355 e. The molecule has 0 radical (unpaired) electrons. The van der Waals surface area contributed by atoms with E-state index in [4.69, 9.17) is 0 Å². The number of rotatable bonds is 14. The van der Waals surface area contributed by atoms with Crippen LogP contribution in [0.2, 0.25) is 0 Å². The van der Waals surface area contributed by atoms with Gasteiger partial charge in [-0.25, -0.2) is 8.42 Å². The third-order valence-corrected chi connectivity index (χ3v) is 11.7. The number of nitro benzene ring substituents is 2. The molecule has 0 aliphatic heterocycles. The molecule has 6 aromatic rings. The average Bonchev–Trinajstić information content (AvgIpc) is 3.16. The summed E-state index contributed by atoms with van der Waals surface area (Å²) in [4.78, 5) is 19.5. The van der Waals surface area contributed by atoms with Gasteiger partial charge in [-0.05, 0) is 84.9 Å². The molecule has 0 unspecified atom stereocenters. The summed E-state index contributed by atoms with van der Waals surface area (Å²) in [6.45, 7) is 0. The summed E-state index contributed by atoms with van der Waals surface area (Å²) in [7, 11) is -14.5. The summed E-state index contributed by atoms with van der Waals surface area (Å²) in [6.07, 6.45) is 0. The van der Waals surface area contributed by atoms with Crippen molar-refractivity contribution in [1.82, 2.24) is 0 Å². The van der Waals surface area contributed by atoms with Crippen LogP contribution in [-0.2, 0) is 30.1 Å². The summed E-state index contributed by atoms with van der Waals surface area (Å²) in [5, 5.41) is 35.6. The van der Waals surface area contributed by atoms with Crippen molar-refractivity contribution >= 4 is 86.9 Å². The fourth-order valence-corrected chi connectivity index (χ4v) is 8.46. The van der Waals surface area contributed by atoms with Crippen LogP contribution in [0.3, 0.4) is 0 Å². The lowest BCUT2D eigenvalue weighted by Crippen LogP contribution is -2.09. The number of nitrogens with zero attached hydrogens (tertiary/aromatic N) is 2. The highest BCUT2D eigenvalue weighted by molar-refractivity contribution is 7.91. The van der Waals surface area contributed by atoms with Gasteiger partial charge in [0.15, 0.2) is 0 Å². The molecule has 292 valence electrons. The number of benzene rings is 6. The van der Waals surface area contributed by atoms with Crippen molar-refractivity contribution < 1.29 is 44.2 Å². The molecular formula is C36H28N6O12S3. The molecule has 0 spiro atoms. The molecule has 0 aliphatic carbocycles. The van der Waals surface area contributed by atoms with Crippen LogP contribution in [-0.4, -0.2) is 44.2 Å². The third-order valence-electron chi connectivity index (χ3n) is 8.09. The minimum atomic E-state index is -4.97. The summed E-state index contributed by atoms with van der Waals surface area (Å²) in [5.41, 5.74) is -0.972. The molecule has 6 aromatic carbocycles. The topological polar surface area (TPSA) is 277 Å². The molecule has 0 aromatic heterocycles. The highest BCUT2D eigenvalue weighted by atomic mass is 32.2. The predicted molar refractivity (Wildman–Crippen MR) is 210 cm³/mol. The zero-order valence-electron chi connectivity index (χ0n) is 28.8. The molecule has 0 atom stereocenters. The van der Waals surface area contributed by atoms with Gasteiger partial charge in [-0.2, -0.15) is 16.8 Å². The summed E-state index contributed by atoms with van der Waals surface area (Å²) < 4.78 is 96.5. The van der Waals surface area contributed by atoms with Crippen LogP contribution in [0.1, 0.15) is 0 Å². The molecule has 0 amide bonds. The monoisotopic (exact) mass is 832 g/mol. The molecule has 6 rings (SSSR count). The number of anilines is 8. The van der Waals surface area contributed by atoms with Crippen molar-refractivity contribution in [3.05, 3.63) is 154 Å². The van der Waals surface area contributed by atoms with Gasteiger partial charge >= 0.3 is 0 Å². The van der Waals surface area contributed by atoms with Crippen molar-refractivity contribution in [3.8, 4) is 0 Å². The predicted octanol–water partition coefficient (Wildman–Crippen LogP) is 7.80. The van der Waals surface area contributed by atoms with Crippen LogP contribution in [0.5, 0.6) is 0 Å². The zero-order chi connectivity index (χ0) is 41.1. The molecule has 6 N–H and O–H groups in total. The largest absolute Gasteiger partial charge is 0.355 e. The molecule has 0 bridgehead atoms. The second-order valence-electron chi connectivity index (χ2n) is 12.0. The summed E-state index contributed by atoms with van der Waals surface area (Å²) in [5.74, 6) is 0. The van der Waals surface area contributed by atoms with Gasteiger partial charge in [0.1, 0.15) is 19.6 Å². The highest BCUT2D eigenvalue weighted by Crippen LogP contribution is 2.39. The van der Waals surface area contributed by atoms with E-state index >= 15 is 0 Å². The molecular weight excluding hydrogens is 805 g/mol. The van der Waals surface area contributed by atoms with E-state index < -0.39 is 70.9 Å². The van der Waals surface area contributed by atoms with E-state index in [1.54, 1.807) is 60.7 Å². The Morgan fingerprint density at radius 1 is 0.404 bits per heavy atom. The second kappa shape index (κ2) is 15.7. The SMILES string of the molecule is O=[N+]([O-])c1cc(Nc2ccc(Nc3ccccc3)c(S(=O)(=O)O)c2)ccc1S(=O)(=O)c1ccc(Nc2ccc(Nc3ccccc3)c(S(=O)(=O)O)c2)cc1[N+](=O)[O-]. The van der Waals surface area contributed by atoms with Crippen molar-refractivity contribution in [2.45, 2.75) is 19.6 Å². The first-order valence-corrected chi connectivity index (χ1v) is 20.5. The molecule has 0 saturated heterocycles. The lowest BCUT2D eigenvalue weighted by Gasteiger charge is -2.14. The van der Waals surface area contributed by atoms with Crippen molar-refractivity contribution in [2.24, 2.45) is 0 Å². The number of para-hydroxylation sites is 2. The van der Waals surface area contributed by atoms with E-state index in [1.165, 1.54) is 24.3 Å². The first-order valence-electron chi connectivity index (χ1n) is 16.1. The number of hydrogen-bond acceptors (Lipinski definition) is 14. The Morgan fingerprint density at radius 2 is 0.737 bits per heavy atom. The molecule has 0 fully saturated rings. The molecule has 0 saturated carbocycles. The Balaban J connectivity index is 1.30. The summed E-state index contributed by atoms with van der Waals surface area (Å²) >= 11 is 0. The van der Waals surface area contributed by atoms with Crippen molar-refractivity contribution in [1.29, 1.82) is 0 Å². The van der Waals surface area contributed by atoms with Crippen LogP contribution in [0, 0.1) is 20.2 Å². The van der Waals surface area contributed by atoms with Gasteiger partial charge < -0.3 is 21.3 Å². The van der Waals surface area contributed by atoms with Crippen LogP contribution in [0.15, 0.2) is 153 Å². The highest BCUT2D eigenvalue weighted by Gasteiger charge is 2.34. The lowest BCUT2D eigenvalue weighted by atomic mass is 10.2. The molecule has 21 heteroatoms. The van der Waals surface area contributed by atoms with Crippen LogP contribution >= 0.6 is 0 Å². The maximum Gasteiger partial charge on any atom is 0.296 e. The fraction of sp³-hybridized carbons (Fsp3) is 0. The number of hydrogen-bond donors (Lipinski definition) is 6. The Labute approximate surface area is 324 Å². The Bertz CT molecular complexity index is 2690. The minimum absolute atomic E-state index is 0.0152. The number of nitro groups is 2. The van der Waals surface area contributed by atoms with Gasteiger partial charge in [0.05, 0.1) is 21.2 Å². The molecule has 18 nitrogen and oxygen atoms in total. The smallest absolute Gasteiger partial charge is 0.296 e. The Kier molecular flexibility index (Phi) is 10.9. The van der Waals surface area contributed by atoms with E-state index in [2.05, 4.69) is 21.3 Å². The molecule has 0 aliphatic rings. The normalized spacial score (nSPS) is 11.7. The van der Waals surface area contributed by atoms with Crippen LogP contribution < -0.4 is 21.3 Å². The first-order chi connectivity index (χ1) is 26.9.